The van der Waals surface area contributed by atoms with Gasteiger partial charge in [-0.2, -0.15) is 5.10 Å². The molecule has 0 bridgehead atoms. The molecule has 1 aromatic rings. The van der Waals surface area contributed by atoms with Crippen LogP contribution in [0.5, 0.6) is 0 Å². The highest BCUT2D eigenvalue weighted by Gasteiger charge is 2.13. The number of anilines is 1. The zero-order valence-electron chi connectivity index (χ0n) is 7.83. The molecule has 4 nitrogen and oxygen atoms in total. The molecule has 0 radical (unpaired) electrons. The average Bonchev–Trinajstić information content (AvgIpc) is 2.24. The van der Waals surface area contributed by atoms with Crippen molar-refractivity contribution in [1.82, 2.24) is 9.78 Å². The number of carbonyl (C=O) groups is 1. The number of carbonyl (C=O) groups excluding carboxylic acids is 1. The first-order valence-electron chi connectivity index (χ1n) is 3.74. The third-order valence-corrected chi connectivity index (χ3v) is 1.78. The Labute approximate surface area is 71.8 Å². The number of aryl methyl sites for hydroxylation is 2. The van der Waals surface area contributed by atoms with Crippen LogP contribution >= 0.6 is 0 Å². The quantitative estimate of drug-likeness (QED) is 0.606. The molecule has 0 fully saturated rings. The largest absolute Gasteiger partial charge is 0.362 e. The predicted octanol–water partition coefficient (Wildman–Crippen LogP) is 0.607. The smallest absolute Gasteiger partial charge is 0.155 e. The molecule has 12 heavy (non-hydrogen) atoms. The SMILES string of the molecule is Cc1nn(C)c(N(C)C)c1C=O. The van der Waals surface area contributed by atoms with Gasteiger partial charge in [0.05, 0.1) is 11.3 Å². The zero-order valence-corrected chi connectivity index (χ0v) is 7.83. The number of nitrogens with zero attached hydrogens (tertiary/aromatic N) is 3. The number of aromatic nitrogens is 2. The van der Waals surface area contributed by atoms with Gasteiger partial charge in [-0.15, -0.1) is 0 Å². The monoisotopic (exact) mass is 167 g/mol. The van der Waals surface area contributed by atoms with Crippen LogP contribution in [0.15, 0.2) is 0 Å². The van der Waals surface area contributed by atoms with Crippen molar-refractivity contribution in [3.63, 3.8) is 0 Å². The van der Waals surface area contributed by atoms with Gasteiger partial charge in [0.15, 0.2) is 6.29 Å². The summed E-state index contributed by atoms with van der Waals surface area (Å²) in [5, 5.41) is 4.15. The molecule has 0 aliphatic heterocycles. The second kappa shape index (κ2) is 2.97. The van der Waals surface area contributed by atoms with Crippen molar-refractivity contribution in [3.05, 3.63) is 11.3 Å². The summed E-state index contributed by atoms with van der Waals surface area (Å²) in [7, 11) is 5.61. The van der Waals surface area contributed by atoms with Crippen molar-refractivity contribution >= 4 is 12.1 Å². The van der Waals surface area contributed by atoms with Gasteiger partial charge in [0.1, 0.15) is 5.82 Å². The summed E-state index contributed by atoms with van der Waals surface area (Å²) in [5.41, 5.74) is 1.44. The Bertz CT molecular complexity index is 301. The summed E-state index contributed by atoms with van der Waals surface area (Å²) >= 11 is 0. The minimum atomic E-state index is 0.669. The third kappa shape index (κ3) is 1.20. The van der Waals surface area contributed by atoms with Gasteiger partial charge in [-0.05, 0) is 6.92 Å². The molecule has 66 valence electrons. The second-order valence-corrected chi connectivity index (χ2v) is 2.96. The van der Waals surface area contributed by atoms with Crippen LogP contribution in [0.4, 0.5) is 5.82 Å². The normalized spacial score (nSPS) is 10.0. The van der Waals surface area contributed by atoms with Crippen LogP contribution in [0.3, 0.4) is 0 Å². The van der Waals surface area contributed by atoms with Crippen molar-refractivity contribution in [3.8, 4) is 0 Å². The predicted molar refractivity (Wildman–Crippen MR) is 47.7 cm³/mol. The van der Waals surface area contributed by atoms with Crippen molar-refractivity contribution in [2.45, 2.75) is 6.92 Å². The van der Waals surface area contributed by atoms with E-state index < -0.39 is 0 Å². The van der Waals surface area contributed by atoms with E-state index in [-0.39, 0.29) is 0 Å². The summed E-state index contributed by atoms with van der Waals surface area (Å²) in [5.74, 6) is 0.850. The van der Waals surface area contributed by atoms with Gasteiger partial charge >= 0.3 is 0 Å². The zero-order chi connectivity index (χ0) is 9.30. The van der Waals surface area contributed by atoms with E-state index in [1.54, 1.807) is 4.68 Å². The van der Waals surface area contributed by atoms with Crippen LogP contribution in [0.25, 0.3) is 0 Å². The van der Waals surface area contributed by atoms with E-state index in [1.807, 2.05) is 33.0 Å². The number of aldehydes is 1. The molecule has 0 aliphatic carbocycles. The highest BCUT2D eigenvalue weighted by molar-refractivity contribution is 5.84. The number of hydrogen-bond donors (Lipinski definition) is 0. The van der Waals surface area contributed by atoms with Crippen molar-refractivity contribution in [2.24, 2.45) is 7.05 Å². The fourth-order valence-corrected chi connectivity index (χ4v) is 1.33. The first-order valence-corrected chi connectivity index (χ1v) is 3.74. The lowest BCUT2D eigenvalue weighted by Gasteiger charge is -2.12. The average molecular weight is 167 g/mol. The minimum absolute atomic E-state index is 0.669. The van der Waals surface area contributed by atoms with Crippen molar-refractivity contribution in [2.75, 3.05) is 19.0 Å². The summed E-state index contributed by atoms with van der Waals surface area (Å²) in [6.45, 7) is 1.83. The summed E-state index contributed by atoms with van der Waals surface area (Å²) in [4.78, 5) is 12.6. The maximum absolute atomic E-state index is 10.7. The topological polar surface area (TPSA) is 38.1 Å². The Morgan fingerprint density at radius 2 is 2.08 bits per heavy atom. The van der Waals surface area contributed by atoms with E-state index in [1.165, 1.54) is 0 Å². The Morgan fingerprint density at radius 1 is 1.50 bits per heavy atom. The highest BCUT2D eigenvalue weighted by Crippen LogP contribution is 2.18. The third-order valence-electron chi connectivity index (χ3n) is 1.78. The molecule has 0 N–H and O–H groups in total. The molecule has 0 amide bonds. The Balaban J connectivity index is 3.32. The maximum atomic E-state index is 10.7. The molecule has 0 atom stereocenters. The van der Waals surface area contributed by atoms with E-state index >= 15 is 0 Å². The minimum Gasteiger partial charge on any atom is -0.362 e. The van der Waals surface area contributed by atoms with Crippen LogP contribution in [0.2, 0.25) is 0 Å². The van der Waals surface area contributed by atoms with E-state index in [0.717, 1.165) is 17.8 Å². The Kier molecular flexibility index (Phi) is 2.17. The molecule has 0 saturated heterocycles. The second-order valence-electron chi connectivity index (χ2n) is 2.96. The van der Waals surface area contributed by atoms with Crippen LogP contribution in [0, 0.1) is 6.92 Å². The highest BCUT2D eigenvalue weighted by atomic mass is 16.1. The summed E-state index contributed by atoms with van der Waals surface area (Å²) in [6, 6.07) is 0. The Morgan fingerprint density at radius 3 is 2.42 bits per heavy atom. The first kappa shape index (κ1) is 8.77. The van der Waals surface area contributed by atoms with Gasteiger partial charge in [0, 0.05) is 21.1 Å². The van der Waals surface area contributed by atoms with E-state index in [0.29, 0.717) is 5.56 Å². The van der Waals surface area contributed by atoms with E-state index in [9.17, 15) is 4.79 Å². The molecule has 0 saturated carbocycles. The number of rotatable bonds is 2. The molecule has 0 spiro atoms. The van der Waals surface area contributed by atoms with Gasteiger partial charge in [-0.3, -0.25) is 9.48 Å². The van der Waals surface area contributed by atoms with Crippen LogP contribution < -0.4 is 4.90 Å². The molecule has 0 aromatic carbocycles. The fraction of sp³-hybridized carbons (Fsp3) is 0.500. The molecule has 1 rings (SSSR count). The molecule has 0 unspecified atom stereocenters. The van der Waals surface area contributed by atoms with Gasteiger partial charge in [-0.25, -0.2) is 0 Å². The first-order chi connectivity index (χ1) is 5.57. The molecule has 1 heterocycles. The van der Waals surface area contributed by atoms with E-state index in [2.05, 4.69) is 5.10 Å². The molecule has 4 heteroatoms. The summed E-state index contributed by atoms with van der Waals surface area (Å²) < 4.78 is 1.71. The molecule has 1 aromatic heterocycles. The fourth-order valence-electron chi connectivity index (χ4n) is 1.33. The van der Waals surface area contributed by atoms with Crippen molar-refractivity contribution in [1.29, 1.82) is 0 Å². The lowest BCUT2D eigenvalue weighted by molar-refractivity contribution is 0.112. The van der Waals surface area contributed by atoms with Gasteiger partial charge in [0.25, 0.3) is 0 Å². The van der Waals surface area contributed by atoms with Gasteiger partial charge in [-0.1, -0.05) is 0 Å². The van der Waals surface area contributed by atoms with Crippen LogP contribution in [-0.2, 0) is 7.05 Å². The molecular weight excluding hydrogens is 154 g/mol. The standard InChI is InChI=1S/C8H13N3O/c1-6-7(5-12)8(10(2)3)11(4)9-6/h5H,1-4H3. The van der Waals surface area contributed by atoms with Gasteiger partial charge in [0.2, 0.25) is 0 Å². The van der Waals surface area contributed by atoms with Crippen LogP contribution in [0.1, 0.15) is 16.1 Å². The Hall–Kier alpha value is -1.32. The number of hydrogen-bond acceptors (Lipinski definition) is 3. The van der Waals surface area contributed by atoms with E-state index in [4.69, 9.17) is 0 Å². The maximum Gasteiger partial charge on any atom is 0.155 e. The molecular formula is C8H13N3O. The van der Waals surface area contributed by atoms with Crippen LogP contribution in [-0.4, -0.2) is 30.2 Å². The lowest BCUT2D eigenvalue weighted by atomic mass is 10.2. The van der Waals surface area contributed by atoms with Crippen molar-refractivity contribution < 1.29 is 4.79 Å². The summed E-state index contributed by atoms with van der Waals surface area (Å²) in [6.07, 6.45) is 0.845. The lowest BCUT2D eigenvalue weighted by Crippen LogP contribution is -2.14. The molecule has 0 aliphatic rings. The van der Waals surface area contributed by atoms with Gasteiger partial charge < -0.3 is 4.90 Å².